The van der Waals surface area contributed by atoms with Crippen LogP contribution in [0.4, 0.5) is 0 Å². The lowest BCUT2D eigenvalue weighted by Gasteiger charge is -2.14. The molecule has 0 bridgehead atoms. The van der Waals surface area contributed by atoms with E-state index >= 15 is 0 Å². The second-order valence-electron chi connectivity index (χ2n) is 3.52. The van der Waals surface area contributed by atoms with Crippen molar-refractivity contribution < 1.29 is 19.2 Å². The van der Waals surface area contributed by atoms with Gasteiger partial charge in [0.05, 0.1) is 11.6 Å². The predicted octanol–water partition coefficient (Wildman–Crippen LogP) is 0.939. The minimum atomic E-state index is -1.29. The quantitative estimate of drug-likeness (QED) is 0.407. The van der Waals surface area contributed by atoms with Crippen molar-refractivity contribution >= 4 is 13.1 Å². The zero-order chi connectivity index (χ0) is 11.3. The number of carbonyl (C=O) groups excluding carboxylic acids is 1. The fraction of sp³-hybridized carbons (Fsp3) is 0.667. The molecular formula is C9H17BO4. The van der Waals surface area contributed by atoms with Gasteiger partial charge in [-0.2, -0.15) is 0 Å². The van der Waals surface area contributed by atoms with Gasteiger partial charge in [0.25, 0.3) is 0 Å². The number of rotatable bonds is 5. The molecule has 0 radical (unpaired) electrons. The van der Waals surface area contributed by atoms with E-state index < -0.39 is 13.1 Å². The monoisotopic (exact) mass is 200 g/mol. The van der Waals surface area contributed by atoms with E-state index in [1.165, 1.54) is 0 Å². The molecule has 4 nitrogen and oxygen atoms in total. The molecule has 0 rings (SSSR count). The molecule has 0 aromatic heterocycles. The average Bonchev–Trinajstić information content (AvgIpc) is 2.00. The van der Waals surface area contributed by atoms with E-state index in [-0.39, 0.29) is 17.7 Å². The van der Waals surface area contributed by atoms with Gasteiger partial charge in [0.1, 0.15) is 0 Å². The van der Waals surface area contributed by atoms with Crippen molar-refractivity contribution in [3.8, 4) is 0 Å². The zero-order valence-electron chi connectivity index (χ0n) is 9.11. The summed E-state index contributed by atoms with van der Waals surface area (Å²) in [5, 5.41) is 9.35. The summed E-state index contributed by atoms with van der Waals surface area (Å²) in [5.74, 6) is -0.631. The standard InChI is InChI=1S/C9H17BO4/c1-6(2)13-9(11)8(5)10(12)14-7(3)4/h6-7,12H,5H2,1-4H3. The first kappa shape index (κ1) is 13.2. The second kappa shape index (κ2) is 5.83. The minimum Gasteiger partial charge on any atom is -0.460 e. The Hall–Kier alpha value is -0.805. The number of hydrogen-bond donors (Lipinski definition) is 1. The Kier molecular flexibility index (Phi) is 5.49. The summed E-state index contributed by atoms with van der Waals surface area (Å²) >= 11 is 0. The van der Waals surface area contributed by atoms with Crippen LogP contribution in [0.1, 0.15) is 27.7 Å². The van der Waals surface area contributed by atoms with Gasteiger partial charge in [-0.25, -0.2) is 4.79 Å². The highest BCUT2D eigenvalue weighted by Crippen LogP contribution is 2.04. The van der Waals surface area contributed by atoms with Gasteiger partial charge in [0.15, 0.2) is 0 Å². The van der Waals surface area contributed by atoms with Crippen molar-refractivity contribution in [1.82, 2.24) is 0 Å². The third-order valence-electron chi connectivity index (χ3n) is 1.30. The Balaban J connectivity index is 4.11. The molecule has 0 aromatic carbocycles. The molecule has 80 valence electrons. The van der Waals surface area contributed by atoms with E-state index in [1.54, 1.807) is 27.7 Å². The van der Waals surface area contributed by atoms with Crippen LogP contribution in [0.25, 0.3) is 0 Å². The second-order valence-corrected chi connectivity index (χ2v) is 3.52. The molecule has 5 heteroatoms. The van der Waals surface area contributed by atoms with E-state index in [2.05, 4.69) is 6.58 Å². The molecule has 0 saturated carbocycles. The van der Waals surface area contributed by atoms with Crippen LogP contribution in [0.5, 0.6) is 0 Å². The molecule has 0 aliphatic heterocycles. The highest BCUT2D eigenvalue weighted by Gasteiger charge is 2.26. The van der Waals surface area contributed by atoms with Crippen molar-refractivity contribution in [2.45, 2.75) is 39.9 Å². The molecule has 0 unspecified atom stereocenters. The summed E-state index contributed by atoms with van der Waals surface area (Å²) < 4.78 is 9.81. The maximum atomic E-state index is 11.2. The lowest BCUT2D eigenvalue weighted by molar-refractivity contribution is -0.142. The first-order chi connectivity index (χ1) is 6.34. The fourth-order valence-corrected chi connectivity index (χ4v) is 0.731. The number of carbonyl (C=O) groups is 1. The van der Waals surface area contributed by atoms with Crippen molar-refractivity contribution in [3.63, 3.8) is 0 Å². The number of hydrogen-bond acceptors (Lipinski definition) is 4. The molecule has 0 fully saturated rings. The largest absolute Gasteiger partial charge is 0.498 e. The van der Waals surface area contributed by atoms with Gasteiger partial charge in [-0.1, -0.05) is 6.58 Å². The van der Waals surface area contributed by atoms with Crippen LogP contribution >= 0.6 is 0 Å². The average molecular weight is 200 g/mol. The van der Waals surface area contributed by atoms with E-state index in [1.807, 2.05) is 0 Å². The summed E-state index contributed by atoms with van der Waals surface area (Å²) in [6.45, 7) is 10.4. The molecule has 0 spiro atoms. The van der Waals surface area contributed by atoms with Gasteiger partial charge in [0.2, 0.25) is 0 Å². The smallest absolute Gasteiger partial charge is 0.460 e. The highest BCUT2D eigenvalue weighted by atomic mass is 16.6. The summed E-state index contributed by atoms with van der Waals surface area (Å²) in [6, 6.07) is 0. The SMILES string of the molecule is C=C(B(O)OC(C)C)C(=O)OC(C)C. The molecule has 0 heterocycles. The van der Waals surface area contributed by atoms with Crippen molar-refractivity contribution in [2.75, 3.05) is 0 Å². The third-order valence-corrected chi connectivity index (χ3v) is 1.30. The van der Waals surface area contributed by atoms with Gasteiger partial charge in [0, 0.05) is 6.10 Å². The van der Waals surface area contributed by atoms with E-state index in [0.717, 1.165) is 0 Å². The Bertz CT molecular complexity index is 213. The molecule has 0 aliphatic rings. The summed E-state index contributed by atoms with van der Waals surface area (Å²) in [5.41, 5.74) is -0.0765. The van der Waals surface area contributed by atoms with E-state index in [0.29, 0.717) is 0 Å². The molecular weight excluding hydrogens is 183 g/mol. The van der Waals surface area contributed by atoms with E-state index in [9.17, 15) is 9.82 Å². The summed E-state index contributed by atoms with van der Waals surface area (Å²) in [4.78, 5) is 11.2. The minimum absolute atomic E-state index is 0.0765. The Morgan fingerprint density at radius 1 is 1.29 bits per heavy atom. The molecule has 0 aromatic rings. The Labute approximate surface area is 85.0 Å². The molecule has 14 heavy (non-hydrogen) atoms. The highest BCUT2D eigenvalue weighted by molar-refractivity contribution is 6.59. The van der Waals surface area contributed by atoms with Gasteiger partial charge in [-0.15, -0.1) is 0 Å². The van der Waals surface area contributed by atoms with Gasteiger partial charge >= 0.3 is 13.1 Å². The molecule has 0 amide bonds. The zero-order valence-corrected chi connectivity index (χ0v) is 9.11. The van der Waals surface area contributed by atoms with Gasteiger partial charge in [-0.3, -0.25) is 0 Å². The van der Waals surface area contributed by atoms with Gasteiger partial charge in [-0.05, 0) is 27.7 Å². The number of ether oxygens (including phenoxy) is 1. The van der Waals surface area contributed by atoms with Crippen molar-refractivity contribution in [1.29, 1.82) is 0 Å². The van der Waals surface area contributed by atoms with Crippen LogP contribution in [0.2, 0.25) is 0 Å². The van der Waals surface area contributed by atoms with Crippen LogP contribution in [0.15, 0.2) is 12.1 Å². The first-order valence-electron chi connectivity index (χ1n) is 4.58. The topological polar surface area (TPSA) is 55.8 Å². The van der Waals surface area contributed by atoms with Crippen LogP contribution in [0.3, 0.4) is 0 Å². The van der Waals surface area contributed by atoms with Crippen LogP contribution in [-0.4, -0.2) is 30.3 Å². The van der Waals surface area contributed by atoms with Crippen LogP contribution in [-0.2, 0) is 14.2 Å². The maximum absolute atomic E-state index is 11.2. The first-order valence-corrected chi connectivity index (χ1v) is 4.58. The lowest BCUT2D eigenvalue weighted by atomic mass is 9.79. The molecule has 0 atom stereocenters. The van der Waals surface area contributed by atoms with E-state index in [4.69, 9.17) is 9.39 Å². The molecule has 0 saturated heterocycles. The van der Waals surface area contributed by atoms with Gasteiger partial charge < -0.3 is 14.4 Å². The lowest BCUT2D eigenvalue weighted by Crippen LogP contribution is -2.30. The maximum Gasteiger partial charge on any atom is 0.498 e. The third kappa shape index (κ3) is 5.04. The summed E-state index contributed by atoms with van der Waals surface area (Å²) in [7, 11) is -1.29. The van der Waals surface area contributed by atoms with Crippen molar-refractivity contribution in [3.05, 3.63) is 12.1 Å². The predicted molar refractivity (Wildman–Crippen MR) is 54.6 cm³/mol. The number of esters is 1. The van der Waals surface area contributed by atoms with Crippen LogP contribution in [0, 0.1) is 0 Å². The molecule has 1 N–H and O–H groups in total. The van der Waals surface area contributed by atoms with Crippen LogP contribution < -0.4 is 0 Å². The Morgan fingerprint density at radius 2 is 1.79 bits per heavy atom. The normalized spacial score (nSPS) is 10.5. The fourth-order valence-electron chi connectivity index (χ4n) is 0.731. The summed E-state index contributed by atoms with van der Waals surface area (Å²) in [6.07, 6.45) is -0.404. The van der Waals surface area contributed by atoms with Crippen molar-refractivity contribution in [2.24, 2.45) is 0 Å². The Morgan fingerprint density at radius 3 is 2.14 bits per heavy atom. The molecule has 0 aliphatic carbocycles.